The summed E-state index contributed by atoms with van der Waals surface area (Å²) in [5.74, 6) is 0. The molecule has 0 radical (unpaired) electrons. The van der Waals surface area contributed by atoms with Gasteiger partial charge in [-0.2, -0.15) is 13.2 Å². The van der Waals surface area contributed by atoms with Crippen molar-refractivity contribution in [1.29, 1.82) is 0 Å². The number of nitrogens with zero attached hydrogens (tertiary/aromatic N) is 4. The number of ether oxygens (including phenoxy) is 1. The molecule has 5 nitrogen and oxygen atoms in total. The molecule has 0 amide bonds. The van der Waals surface area contributed by atoms with Crippen molar-refractivity contribution in [3.8, 4) is 6.01 Å². The van der Waals surface area contributed by atoms with E-state index in [2.05, 4.69) is 15.0 Å². The number of hydrogen-bond acceptors (Lipinski definition) is 5. The van der Waals surface area contributed by atoms with E-state index in [0.29, 0.717) is 25.2 Å². The minimum absolute atomic E-state index is 0.153. The second kappa shape index (κ2) is 6.02. The first kappa shape index (κ1) is 15.5. The van der Waals surface area contributed by atoms with E-state index in [1.807, 2.05) is 11.8 Å². The van der Waals surface area contributed by atoms with Crippen LogP contribution in [-0.4, -0.2) is 34.1 Å². The normalized spacial score (nSPS) is 18.3. The summed E-state index contributed by atoms with van der Waals surface area (Å²) in [4.78, 5) is 13.4. The van der Waals surface area contributed by atoms with Crippen molar-refractivity contribution in [2.75, 3.05) is 18.0 Å². The fourth-order valence-electron chi connectivity index (χ4n) is 2.42. The Kier molecular flexibility index (Phi) is 4.06. The summed E-state index contributed by atoms with van der Waals surface area (Å²) in [7, 11) is 0. The number of alkyl halides is 3. The van der Waals surface area contributed by atoms with Gasteiger partial charge in [-0.3, -0.25) is 4.98 Å². The molecule has 1 atom stereocenters. The van der Waals surface area contributed by atoms with Gasteiger partial charge in [-0.15, -0.1) is 0 Å². The summed E-state index contributed by atoms with van der Waals surface area (Å²) in [6, 6.07) is 2.92. The predicted octanol–water partition coefficient (Wildman–Crippen LogP) is 2.86. The molecule has 0 bridgehead atoms. The molecule has 1 saturated heterocycles. The Bertz CT molecular complexity index is 675. The first-order valence-corrected chi connectivity index (χ1v) is 7.15. The van der Waals surface area contributed by atoms with Crippen molar-refractivity contribution in [3.63, 3.8) is 0 Å². The molecule has 2 aromatic rings. The van der Waals surface area contributed by atoms with Gasteiger partial charge in [-0.1, -0.05) is 0 Å². The topological polar surface area (TPSA) is 51.1 Å². The van der Waals surface area contributed by atoms with Gasteiger partial charge in [0.1, 0.15) is 11.8 Å². The summed E-state index contributed by atoms with van der Waals surface area (Å²) >= 11 is 0. The number of anilines is 1. The zero-order valence-corrected chi connectivity index (χ0v) is 12.4. The minimum Gasteiger partial charge on any atom is -0.458 e. The van der Waals surface area contributed by atoms with Crippen LogP contribution in [0.15, 0.2) is 30.7 Å². The lowest BCUT2D eigenvalue weighted by molar-refractivity contribution is -0.141. The van der Waals surface area contributed by atoms with Crippen LogP contribution in [0.2, 0.25) is 0 Å². The van der Waals surface area contributed by atoms with Gasteiger partial charge < -0.3 is 9.64 Å². The SMILES string of the molecule is Cc1cnc(OC2CCN(c3ccnc(C(F)(F)F)c3)C2)nc1. The van der Waals surface area contributed by atoms with Crippen LogP contribution < -0.4 is 9.64 Å². The highest BCUT2D eigenvalue weighted by molar-refractivity contribution is 5.48. The molecule has 0 aromatic carbocycles. The standard InChI is InChI=1S/C15H15F3N4O/c1-10-7-20-14(21-8-10)23-12-3-5-22(9-12)11-2-4-19-13(6-11)15(16,17)18/h2,4,6-8,12H,3,5,9H2,1H3. The smallest absolute Gasteiger partial charge is 0.433 e. The monoisotopic (exact) mass is 324 g/mol. The van der Waals surface area contributed by atoms with E-state index in [4.69, 9.17) is 4.74 Å². The van der Waals surface area contributed by atoms with Gasteiger partial charge in [0.2, 0.25) is 0 Å². The van der Waals surface area contributed by atoms with Crippen molar-refractivity contribution >= 4 is 5.69 Å². The lowest BCUT2D eigenvalue weighted by Gasteiger charge is -2.19. The molecular formula is C15H15F3N4O. The Balaban J connectivity index is 1.66. The molecule has 0 spiro atoms. The van der Waals surface area contributed by atoms with Crippen molar-refractivity contribution < 1.29 is 17.9 Å². The highest BCUT2D eigenvalue weighted by atomic mass is 19.4. The van der Waals surface area contributed by atoms with Gasteiger partial charge in [0.25, 0.3) is 0 Å². The lowest BCUT2D eigenvalue weighted by Crippen LogP contribution is -2.25. The van der Waals surface area contributed by atoms with Crippen molar-refractivity contribution in [2.45, 2.75) is 25.6 Å². The van der Waals surface area contributed by atoms with E-state index < -0.39 is 11.9 Å². The number of aromatic nitrogens is 3. The molecule has 0 aliphatic carbocycles. The highest BCUT2D eigenvalue weighted by Gasteiger charge is 2.33. The second-order valence-corrected chi connectivity index (χ2v) is 5.41. The van der Waals surface area contributed by atoms with Gasteiger partial charge in [0.15, 0.2) is 0 Å². The van der Waals surface area contributed by atoms with E-state index in [1.54, 1.807) is 18.5 Å². The fraction of sp³-hybridized carbons (Fsp3) is 0.400. The van der Waals surface area contributed by atoms with E-state index in [9.17, 15) is 13.2 Å². The van der Waals surface area contributed by atoms with E-state index in [-0.39, 0.29) is 12.1 Å². The molecular weight excluding hydrogens is 309 g/mol. The zero-order chi connectivity index (χ0) is 16.4. The third kappa shape index (κ3) is 3.69. The molecule has 2 aromatic heterocycles. The van der Waals surface area contributed by atoms with E-state index >= 15 is 0 Å². The molecule has 3 rings (SSSR count). The minimum atomic E-state index is -4.44. The number of hydrogen-bond donors (Lipinski definition) is 0. The summed E-state index contributed by atoms with van der Waals surface area (Å²) in [5.41, 5.74) is 0.534. The van der Waals surface area contributed by atoms with Gasteiger partial charge in [-0.05, 0) is 24.6 Å². The second-order valence-electron chi connectivity index (χ2n) is 5.41. The van der Waals surface area contributed by atoms with Crippen LogP contribution in [0.5, 0.6) is 6.01 Å². The molecule has 3 heterocycles. The molecule has 0 N–H and O–H groups in total. The van der Waals surface area contributed by atoms with Crippen molar-refractivity contribution in [1.82, 2.24) is 15.0 Å². The maximum atomic E-state index is 12.7. The lowest BCUT2D eigenvalue weighted by atomic mass is 10.3. The van der Waals surface area contributed by atoms with Crippen molar-refractivity contribution in [3.05, 3.63) is 42.0 Å². The molecule has 122 valence electrons. The van der Waals surface area contributed by atoms with Crippen LogP contribution in [0.3, 0.4) is 0 Å². The number of pyridine rings is 1. The largest absolute Gasteiger partial charge is 0.458 e. The number of rotatable bonds is 3. The van der Waals surface area contributed by atoms with Crippen LogP contribution in [-0.2, 0) is 6.18 Å². The highest BCUT2D eigenvalue weighted by Crippen LogP contribution is 2.31. The Morgan fingerprint density at radius 1 is 1.22 bits per heavy atom. The average molecular weight is 324 g/mol. The van der Waals surface area contributed by atoms with Crippen LogP contribution in [0.1, 0.15) is 17.7 Å². The maximum Gasteiger partial charge on any atom is 0.433 e. The quantitative estimate of drug-likeness (QED) is 0.869. The van der Waals surface area contributed by atoms with Crippen LogP contribution in [0.4, 0.5) is 18.9 Å². The van der Waals surface area contributed by atoms with E-state index in [0.717, 1.165) is 11.6 Å². The molecule has 1 aliphatic heterocycles. The molecule has 8 heteroatoms. The first-order chi connectivity index (χ1) is 10.9. The Labute approximate surface area is 131 Å². The van der Waals surface area contributed by atoms with E-state index in [1.165, 1.54) is 6.20 Å². The van der Waals surface area contributed by atoms with Crippen LogP contribution in [0.25, 0.3) is 0 Å². The average Bonchev–Trinajstić information content (AvgIpc) is 2.97. The Hall–Kier alpha value is -2.38. The maximum absolute atomic E-state index is 12.7. The third-order valence-electron chi connectivity index (χ3n) is 3.57. The first-order valence-electron chi connectivity index (χ1n) is 7.15. The van der Waals surface area contributed by atoms with Gasteiger partial charge >= 0.3 is 12.2 Å². The number of aryl methyl sites for hydroxylation is 1. The Morgan fingerprint density at radius 3 is 2.65 bits per heavy atom. The summed E-state index contributed by atoms with van der Waals surface area (Å²) < 4.78 is 43.9. The zero-order valence-electron chi connectivity index (χ0n) is 12.4. The predicted molar refractivity (Wildman–Crippen MR) is 77.3 cm³/mol. The Morgan fingerprint density at radius 2 is 1.96 bits per heavy atom. The molecule has 0 saturated carbocycles. The summed E-state index contributed by atoms with van der Waals surface area (Å²) in [5, 5.41) is 0. The van der Waals surface area contributed by atoms with Gasteiger partial charge in [-0.25, -0.2) is 9.97 Å². The van der Waals surface area contributed by atoms with Gasteiger partial charge in [0.05, 0.1) is 6.54 Å². The third-order valence-corrected chi connectivity index (χ3v) is 3.57. The van der Waals surface area contributed by atoms with Crippen molar-refractivity contribution in [2.24, 2.45) is 0 Å². The fourth-order valence-corrected chi connectivity index (χ4v) is 2.42. The molecule has 23 heavy (non-hydrogen) atoms. The molecule has 1 fully saturated rings. The van der Waals surface area contributed by atoms with Crippen LogP contribution in [0, 0.1) is 6.92 Å². The molecule has 1 aliphatic rings. The molecule has 1 unspecified atom stereocenters. The van der Waals surface area contributed by atoms with Crippen LogP contribution >= 0.6 is 0 Å². The summed E-state index contributed by atoms with van der Waals surface area (Å²) in [6.45, 7) is 2.97. The van der Waals surface area contributed by atoms with Gasteiger partial charge in [0, 0.05) is 37.2 Å². The summed E-state index contributed by atoms with van der Waals surface area (Å²) in [6.07, 6.45) is 0.596. The number of halogens is 3.